The fourth-order valence-corrected chi connectivity index (χ4v) is 2.69. The first-order valence-electron chi connectivity index (χ1n) is 5.40. The zero-order valence-corrected chi connectivity index (χ0v) is 12.9. The van der Waals surface area contributed by atoms with Crippen LogP contribution in [0.4, 0.5) is 0 Å². The van der Waals surface area contributed by atoms with Gasteiger partial charge >= 0.3 is 5.97 Å². The van der Waals surface area contributed by atoms with E-state index in [1.54, 1.807) is 12.1 Å². The fraction of sp³-hybridized carbons (Fsp3) is 0.0769. The Bertz CT molecular complexity index is 688. The number of pyridine rings is 1. The molecule has 2 aromatic rings. The third-order valence-corrected chi connectivity index (χ3v) is 3.94. The highest BCUT2D eigenvalue weighted by atomic mass is 35.5. The molecule has 0 saturated heterocycles. The molecule has 104 valence electrons. The van der Waals surface area contributed by atoms with Gasteiger partial charge < -0.3 is 5.11 Å². The number of aromatic nitrogens is 1. The van der Waals surface area contributed by atoms with E-state index in [0.717, 1.165) is 0 Å². The van der Waals surface area contributed by atoms with Crippen LogP contribution < -0.4 is 0 Å². The summed E-state index contributed by atoms with van der Waals surface area (Å²) in [5, 5.41) is 10.1. The standard InChI is InChI=1S/C13H7Cl4NO2/c14-8-1-2-9(15)13(17)12(8)7-5-18-10(16)3-6(7)4-11(19)20/h1-3,5H,4H2,(H,19,20). The highest BCUT2D eigenvalue weighted by Crippen LogP contribution is 2.40. The van der Waals surface area contributed by atoms with Crippen LogP contribution in [0.1, 0.15) is 5.56 Å². The van der Waals surface area contributed by atoms with Crippen molar-refractivity contribution in [3.05, 3.63) is 50.2 Å². The van der Waals surface area contributed by atoms with Crippen molar-refractivity contribution in [2.24, 2.45) is 0 Å². The molecule has 0 fully saturated rings. The molecule has 0 spiro atoms. The monoisotopic (exact) mass is 349 g/mol. The predicted octanol–water partition coefficient (Wildman–Crippen LogP) is 4.99. The molecule has 1 N–H and O–H groups in total. The maximum Gasteiger partial charge on any atom is 0.307 e. The molecule has 1 heterocycles. The summed E-state index contributed by atoms with van der Waals surface area (Å²) in [5.74, 6) is -0.997. The lowest BCUT2D eigenvalue weighted by atomic mass is 10.00. The van der Waals surface area contributed by atoms with Crippen molar-refractivity contribution in [3.8, 4) is 11.1 Å². The van der Waals surface area contributed by atoms with Gasteiger partial charge in [0.25, 0.3) is 0 Å². The molecular weight excluding hydrogens is 344 g/mol. The minimum absolute atomic E-state index is 0.194. The second-order valence-electron chi connectivity index (χ2n) is 3.95. The Morgan fingerprint density at radius 3 is 2.45 bits per heavy atom. The molecule has 0 amide bonds. The van der Waals surface area contributed by atoms with E-state index in [1.165, 1.54) is 12.3 Å². The number of carboxylic acids is 1. The first-order valence-corrected chi connectivity index (χ1v) is 6.91. The van der Waals surface area contributed by atoms with Gasteiger partial charge in [0.05, 0.1) is 21.5 Å². The molecular formula is C13H7Cl4NO2. The predicted molar refractivity (Wildman–Crippen MR) is 81.1 cm³/mol. The van der Waals surface area contributed by atoms with Crippen LogP contribution in [0.2, 0.25) is 20.2 Å². The summed E-state index contributed by atoms with van der Waals surface area (Å²) in [6.45, 7) is 0. The van der Waals surface area contributed by atoms with E-state index in [2.05, 4.69) is 4.98 Å². The van der Waals surface area contributed by atoms with Crippen molar-refractivity contribution in [1.82, 2.24) is 4.98 Å². The average Bonchev–Trinajstić information content (AvgIpc) is 2.36. The summed E-state index contributed by atoms with van der Waals surface area (Å²) >= 11 is 24.1. The van der Waals surface area contributed by atoms with Crippen LogP contribution >= 0.6 is 46.4 Å². The summed E-state index contributed by atoms with van der Waals surface area (Å²) in [6.07, 6.45) is 1.21. The molecule has 1 aromatic heterocycles. The van der Waals surface area contributed by atoms with Crippen molar-refractivity contribution in [2.75, 3.05) is 0 Å². The van der Waals surface area contributed by atoms with Crippen LogP contribution in [0.5, 0.6) is 0 Å². The van der Waals surface area contributed by atoms with Gasteiger partial charge in [-0.2, -0.15) is 0 Å². The lowest BCUT2D eigenvalue weighted by Crippen LogP contribution is -2.03. The molecule has 0 aliphatic rings. The van der Waals surface area contributed by atoms with Gasteiger partial charge in [0.15, 0.2) is 0 Å². The van der Waals surface area contributed by atoms with E-state index >= 15 is 0 Å². The molecule has 2 rings (SSSR count). The molecule has 1 aromatic carbocycles. The number of carbonyl (C=O) groups is 1. The zero-order valence-electron chi connectivity index (χ0n) is 9.83. The molecule has 7 heteroatoms. The first kappa shape index (κ1) is 15.4. The van der Waals surface area contributed by atoms with Crippen molar-refractivity contribution >= 4 is 52.4 Å². The Morgan fingerprint density at radius 1 is 1.15 bits per heavy atom. The third kappa shape index (κ3) is 3.18. The number of carboxylic acid groups (broad SMARTS) is 1. The van der Waals surface area contributed by atoms with E-state index in [4.69, 9.17) is 51.5 Å². The molecule has 0 unspecified atom stereocenters. The van der Waals surface area contributed by atoms with Gasteiger partial charge in [0, 0.05) is 17.3 Å². The van der Waals surface area contributed by atoms with Crippen LogP contribution in [0.3, 0.4) is 0 Å². The van der Waals surface area contributed by atoms with Crippen molar-refractivity contribution in [3.63, 3.8) is 0 Å². The highest BCUT2D eigenvalue weighted by molar-refractivity contribution is 6.46. The topological polar surface area (TPSA) is 50.2 Å². The summed E-state index contributed by atoms with van der Waals surface area (Å²) in [4.78, 5) is 14.9. The number of benzene rings is 1. The molecule has 20 heavy (non-hydrogen) atoms. The maximum absolute atomic E-state index is 10.9. The molecule has 3 nitrogen and oxygen atoms in total. The van der Waals surface area contributed by atoms with E-state index in [1.807, 2.05) is 0 Å². The lowest BCUT2D eigenvalue weighted by molar-refractivity contribution is -0.136. The number of hydrogen-bond acceptors (Lipinski definition) is 2. The van der Waals surface area contributed by atoms with Crippen LogP contribution in [0.25, 0.3) is 11.1 Å². The van der Waals surface area contributed by atoms with Gasteiger partial charge in [-0.25, -0.2) is 4.98 Å². The molecule has 0 aliphatic carbocycles. The van der Waals surface area contributed by atoms with Crippen LogP contribution in [-0.4, -0.2) is 16.1 Å². The molecule has 0 atom stereocenters. The number of halogens is 4. The van der Waals surface area contributed by atoms with E-state index in [0.29, 0.717) is 26.7 Å². The van der Waals surface area contributed by atoms with Crippen molar-refractivity contribution < 1.29 is 9.90 Å². The largest absolute Gasteiger partial charge is 0.481 e. The summed E-state index contributed by atoms with van der Waals surface area (Å²) in [6, 6.07) is 4.62. The third-order valence-electron chi connectivity index (χ3n) is 2.61. The Kier molecular flexibility index (Phi) is 4.76. The second-order valence-corrected chi connectivity index (χ2v) is 5.53. The highest BCUT2D eigenvalue weighted by Gasteiger charge is 2.17. The van der Waals surface area contributed by atoms with Gasteiger partial charge in [-0.3, -0.25) is 4.79 Å². The SMILES string of the molecule is O=C(O)Cc1cc(Cl)ncc1-c1c(Cl)ccc(Cl)c1Cl. The Morgan fingerprint density at radius 2 is 1.80 bits per heavy atom. The number of aliphatic carboxylic acids is 1. The van der Waals surface area contributed by atoms with Crippen LogP contribution in [0.15, 0.2) is 24.4 Å². The second kappa shape index (κ2) is 6.19. The fourth-order valence-electron chi connectivity index (χ4n) is 1.78. The van der Waals surface area contributed by atoms with Gasteiger partial charge in [0.2, 0.25) is 0 Å². The average molecular weight is 351 g/mol. The lowest BCUT2D eigenvalue weighted by Gasteiger charge is -2.12. The molecule has 0 aliphatic heterocycles. The minimum Gasteiger partial charge on any atom is -0.481 e. The van der Waals surface area contributed by atoms with Gasteiger partial charge in [0.1, 0.15) is 5.15 Å². The number of nitrogens with zero attached hydrogens (tertiary/aromatic N) is 1. The summed E-state index contributed by atoms with van der Waals surface area (Å²) in [5.41, 5.74) is 1.40. The van der Waals surface area contributed by atoms with Gasteiger partial charge in [-0.1, -0.05) is 46.4 Å². The van der Waals surface area contributed by atoms with Gasteiger partial charge in [-0.15, -0.1) is 0 Å². The van der Waals surface area contributed by atoms with Crippen molar-refractivity contribution in [1.29, 1.82) is 0 Å². The van der Waals surface area contributed by atoms with Gasteiger partial charge in [-0.05, 0) is 23.8 Å². The molecule has 0 saturated carbocycles. The Balaban J connectivity index is 2.69. The summed E-state index contributed by atoms with van der Waals surface area (Å²) in [7, 11) is 0. The van der Waals surface area contributed by atoms with E-state index in [-0.39, 0.29) is 16.6 Å². The van der Waals surface area contributed by atoms with Crippen LogP contribution in [-0.2, 0) is 11.2 Å². The maximum atomic E-state index is 10.9. The quantitative estimate of drug-likeness (QED) is 0.626. The van der Waals surface area contributed by atoms with Crippen LogP contribution in [0, 0.1) is 0 Å². The Labute approximate surface area is 135 Å². The first-order chi connectivity index (χ1) is 9.40. The van der Waals surface area contributed by atoms with E-state index < -0.39 is 5.97 Å². The summed E-state index contributed by atoms with van der Waals surface area (Å²) < 4.78 is 0. The smallest absolute Gasteiger partial charge is 0.307 e. The van der Waals surface area contributed by atoms with E-state index in [9.17, 15) is 4.79 Å². The zero-order chi connectivity index (χ0) is 14.9. The molecule has 0 radical (unpaired) electrons. The number of rotatable bonds is 3. The molecule has 0 bridgehead atoms. The van der Waals surface area contributed by atoms with Crippen molar-refractivity contribution in [2.45, 2.75) is 6.42 Å². The number of hydrogen-bond donors (Lipinski definition) is 1. The minimum atomic E-state index is -0.997. The normalized spacial score (nSPS) is 10.6. The Hall–Kier alpha value is -1.000.